The topological polar surface area (TPSA) is 45.7 Å². The van der Waals surface area contributed by atoms with Crippen molar-refractivity contribution in [3.63, 3.8) is 0 Å². The molecule has 0 aliphatic heterocycles. The van der Waals surface area contributed by atoms with E-state index in [-0.39, 0.29) is 6.10 Å². The molecule has 0 fully saturated rings. The smallest absolute Gasteiger partial charge is 0.191 e. The summed E-state index contributed by atoms with van der Waals surface area (Å²) < 4.78 is 5.67. The van der Waals surface area contributed by atoms with Crippen molar-refractivity contribution in [2.45, 2.75) is 46.6 Å². The molecule has 2 N–H and O–H groups in total. The summed E-state index contributed by atoms with van der Waals surface area (Å²) in [5, 5.41) is 6.67. The number of ether oxygens (including phenoxy) is 1. The Morgan fingerprint density at radius 1 is 0.960 bits per heavy atom. The standard InChI is InChI=1S/C21H29N3O/c1-4-22-21(23-14-18-9-6-5-7-10-18)24-15-19-11-8-12-20(13-19)16-25-17(2)3/h5-13,17H,4,14-16H2,1-3H3,(H2,22,23,24). The molecule has 0 saturated heterocycles. The van der Waals surface area contributed by atoms with Gasteiger partial charge in [-0.15, -0.1) is 0 Å². The first-order valence-electron chi connectivity index (χ1n) is 8.93. The van der Waals surface area contributed by atoms with Gasteiger partial charge in [0.15, 0.2) is 5.96 Å². The second-order valence-corrected chi connectivity index (χ2v) is 6.21. The second kappa shape index (κ2) is 10.5. The van der Waals surface area contributed by atoms with Crippen LogP contribution in [0.25, 0.3) is 0 Å². The fourth-order valence-electron chi connectivity index (χ4n) is 2.37. The summed E-state index contributed by atoms with van der Waals surface area (Å²) in [5.74, 6) is 0.829. The third kappa shape index (κ3) is 7.40. The average Bonchev–Trinajstić information content (AvgIpc) is 2.63. The van der Waals surface area contributed by atoms with Crippen molar-refractivity contribution in [3.05, 3.63) is 71.3 Å². The highest BCUT2D eigenvalue weighted by molar-refractivity contribution is 5.79. The van der Waals surface area contributed by atoms with Gasteiger partial charge in [-0.25, -0.2) is 4.99 Å². The molecule has 0 saturated carbocycles. The SMILES string of the molecule is CCNC(=NCc1cccc(COC(C)C)c1)NCc1ccccc1. The summed E-state index contributed by atoms with van der Waals surface area (Å²) in [5.41, 5.74) is 3.60. The number of rotatable bonds is 8. The van der Waals surface area contributed by atoms with Crippen LogP contribution in [0.2, 0.25) is 0 Å². The molecule has 0 heterocycles. The molecule has 0 unspecified atom stereocenters. The van der Waals surface area contributed by atoms with Gasteiger partial charge in [-0.1, -0.05) is 54.6 Å². The molecule has 134 valence electrons. The molecule has 0 bridgehead atoms. The van der Waals surface area contributed by atoms with E-state index in [1.165, 1.54) is 16.7 Å². The molecule has 4 nitrogen and oxygen atoms in total. The first-order valence-corrected chi connectivity index (χ1v) is 8.93. The van der Waals surface area contributed by atoms with E-state index in [0.29, 0.717) is 13.2 Å². The normalized spacial score (nSPS) is 11.6. The summed E-state index contributed by atoms with van der Waals surface area (Å²) in [6.07, 6.45) is 0.240. The fourth-order valence-corrected chi connectivity index (χ4v) is 2.37. The molecule has 2 rings (SSSR count). The molecule has 0 amide bonds. The van der Waals surface area contributed by atoms with E-state index >= 15 is 0 Å². The summed E-state index contributed by atoms with van der Waals surface area (Å²) in [7, 11) is 0. The molecule has 0 aliphatic rings. The fraction of sp³-hybridized carbons (Fsp3) is 0.381. The van der Waals surface area contributed by atoms with Crippen molar-refractivity contribution in [2.24, 2.45) is 4.99 Å². The first kappa shape index (κ1) is 19.0. The highest BCUT2D eigenvalue weighted by Gasteiger charge is 2.01. The van der Waals surface area contributed by atoms with Crippen LogP contribution in [-0.4, -0.2) is 18.6 Å². The Balaban J connectivity index is 1.94. The highest BCUT2D eigenvalue weighted by atomic mass is 16.5. The van der Waals surface area contributed by atoms with Crippen LogP contribution in [0.5, 0.6) is 0 Å². The van der Waals surface area contributed by atoms with Crippen LogP contribution < -0.4 is 10.6 Å². The lowest BCUT2D eigenvalue weighted by atomic mass is 10.1. The van der Waals surface area contributed by atoms with Crippen LogP contribution in [0.15, 0.2) is 59.6 Å². The monoisotopic (exact) mass is 339 g/mol. The number of guanidine groups is 1. The highest BCUT2D eigenvalue weighted by Crippen LogP contribution is 2.09. The number of nitrogens with one attached hydrogen (secondary N) is 2. The molecule has 2 aromatic rings. The maximum atomic E-state index is 5.67. The molecule has 0 aliphatic carbocycles. The summed E-state index contributed by atoms with van der Waals surface area (Å²) in [6, 6.07) is 18.7. The molecule has 4 heteroatoms. The summed E-state index contributed by atoms with van der Waals surface area (Å²) in [4.78, 5) is 4.69. The Bertz CT molecular complexity index is 653. The van der Waals surface area contributed by atoms with Gasteiger partial charge in [-0.3, -0.25) is 0 Å². The van der Waals surface area contributed by atoms with Crippen molar-refractivity contribution >= 4 is 5.96 Å². The summed E-state index contributed by atoms with van der Waals surface area (Å²) in [6.45, 7) is 9.05. The molecule has 0 aromatic heterocycles. The zero-order valence-electron chi connectivity index (χ0n) is 15.5. The van der Waals surface area contributed by atoms with Gasteiger partial charge in [0.2, 0.25) is 0 Å². The Kier molecular flexibility index (Phi) is 7.99. The molecular weight excluding hydrogens is 310 g/mol. The summed E-state index contributed by atoms with van der Waals surface area (Å²) >= 11 is 0. The molecule has 2 aromatic carbocycles. The van der Waals surface area contributed by atoms with E-state index < -0.39 is 0 Å². The van der Waals surface area contributed by atoms with Gasteiger partial charge in [-0.2, -0.15) is 0 Å². The second-order valence-electron chi connectivity index (χ2n) is 6.21. The van der Waals surface area contributed by atoms with Gasteiger partial charge in [-0.05, 0) is 37.5 Å². The van der Waals surface area contributed by atoms with Crippen LogP contribution in [0.1, 0.15) is 37.5 Å². The number of nitrogens with zero attached hydrogens (tertiary/aromatic N) is 1. The zero-order valence-corrected chi connectivity index (χ0v) is 15.5. The first-order chi connectivity index (χ1) is 12.2. The molecule has 0 atom stereocenters. The Hall–Kier alpha value is -2.33. The third-order valence-corrected chi connectivity index (χ3v) is 3.64. The number of aliphatic imine (C=N–C) groups is 1. The maximum Gasteiger partial charge on any atom is 0.191 e. The Labute approximate surface area is 151 Å². The van der Waals surface area contributed by atoms with Crippen LogP contribution in [0, 0.1) is 0 Å². The van der Waals surface area contributed by atoms with Crippen LogP contribution in [-0.2, 0) is 24.4 Å². The zero-order chi connectivity index (χ0) is 17.9. The molecule has 0 radical (unpaired) electrons. The van der Waals surface area contributed by atoms with Crippen molar-refractivity contribution in [1.82, 2.24) is 10.6 Å². The van der Waals surface area contributed by atoms with E-state index in [1.54, 1.807) is 0 Å². The van der Waals surface area contributed by atoms with Gasteiger partial charge < -0.3 is 15.4 Å². The lowest BCUT2D eigenvalue weighted by Gasteiger charge is -2.12. The average molecular weight is 339 g/mol. The van der Waals surface area contributed by atoms with Crippen LogP contribution >= 0.6 is 0 Å². The predicted octanol–water partition coefficient (Wildman–Crippen LogP) is 3.87. The minimum absolute atomic E-state index is 0.240. The van der Waals surface area contributed by atoms with Gasteiger partial charge in [0.05, 0.1) is 19.3 Å². The van der Waals surface area contributed by atoms with Gasteiger partial charge in [0.25, 0.3) is 0 Å². The van der Waals surface area contributed by atoms with Gasteiger partial charge >= 0.3 is 0 Å². The van der Waals surface area contributed by atoms with E-state index in [0.717, 1.165) is 19.0 Å². The van der Waals surface area contributed by atoms with Crippen LogP contribution in [0.4, 0.5) is 0 Å². The quantitative estimate of drug-likeness (QED) is 0.567. The van der Waals surface area contributed by atoms with Gasteiger partial charge in [0.1, 0.15) is 0 Å². The molecular formula is C21H29N3O. The van der Waals surface area contributed by atoms with Crippen molar-refractivity contribution < 1.29 is 4.74 Å². The van der Waals surface area contributed by atoms with Crippen LogP contribution in [0.3, 0.4) is 0 Å². The number of hydrogen-bond acceptors (Lipinski definition) is 2. The molecule has 25 heavy (non-hydrogen) atoms. The number of hydrogen-bond donors (Lipinski definition) is 2. The lowest BCUT2D eigenvalue weighted by Crippen LogP contribution is -2.36. The van der Waals surface area contributed by atoms with E-state index in [2.05, 4.69) is 72.8 Å². The third-order valence-electron chi connectivity index (χ3n) is 3.64. The predicted molar refractivity (Wildman–Crippen MR) is 104 cm³/mol. The van der Waals surface area contributed by atoms with Crippen molar-refractivity contribution in [3.8, 4) is 0 Å². The van der Waals surface area contributed by atoms with Crippen molar-refractivity contribution in [1.29, 1.82) is 0 Å². The van der Waals surface area contributed by atoms with E-state index in [9.17, 15) is 0 Å². The van der Waals surface area contributed by atoms with Crippen molar-refractivity contribution in [2.75, 3.05) is 6.54 Å². The van der Waals surface area contributed by atoms with Gasteiger partial charge in [0, 0.05) is 13.1 Å². The minimum Gasteiger partial charge on any atom is -0.374 e. The Morgan fingerprint density at radius 3 is 2.40 bits per heavy atom. The maximum absolute atomic E-state index is 5.67. The van der Waals surface area contributed by atoms with E-state index in [4.69, 9.17) is 4.74 Å². The number of benzene rings is 2. The molecule has 0 spiro atoms. The van der Waals surface area contributed by atoms with E-state index in [1.807, 2.05) is 18.2 Å². The lowest BCUT2D eigenvalue weighted by molar-refractivity contribution is 0.0657. The minimum atomic E-state index is 0.240. The largest absolute Gasteiger partial charge is 0.374 e. The Morgan fingerprint density at radius 2 is 1.68 bits per heavy atom.